The third-order valence-electron chi connectivity index (χ3n) is 3.72. The highest BCUT2D eigenvalue weighted by atomic mass is 32.2. The van der Waals surface area contributed by atoms with Gasteiger partial charge in [-0.3, -0.25) is 4.98 Å². The number of thiophene rings is 1. The van der Waals surface area contributed by atoms with Crippen molar-refractivity contribution in [3.05, 3.63) is 52.9 Å². The minimum Gasteiger partial charge on any atom is -0.477 e. The topological polar surface area (TPSA) is 75.1 Å². The molecule has 0 amide bonds. The molecule has 0 aliphatic heterocycles. The Balaban J connectivity index is 1.62. The van der Waals surface area contributed by atoms with Crippen LogP contribution in [0.3, 0.4) is 0 Å². The molecule has 0 spiro atoms. The predicted octanol–water partition coefficient (Wildman–Crippen LogP) is 5.58. The van der Waals surface area contributed by atoms with Gasteiger partial charge in [-0.05, 0) is 24.5 Å². The lowest BCUT2D eigenvalue weighted by molar-refractivity contribution is 0.0702. The number of thiazole rings is 1. The van der Waals surface area contributed by atoms with Crippen LogP contribution >= 0.6 is 34.4 Å². The fraction of sp³-hybridized carbons (Fsp3) is 0.0556. The van der Waals surface area contributed by atoms with Gasteiger partial charge in [-0.15, -0.1) is 34.4 Å². The largest absolute Gasteiger partial charge is 0.477 e. The number of carbonyl (C=O) groups is 1. The molecule has 0 saturated carbocycles. The number of thioether (sulfide) groups is 1. The summed E-state index contributed by atoms with van der Waals surface area (Å²) in [4.78, 5) is 20.6. The Labute approximate surface area is 161 Å². The van der Waals surface area contributed by atoms with Gasteiger partial charge in [0, 0.05) is 16.3 Å². The van der Waals surface area contributed by atoms with Gasteiger partial charge in [0.05, 0.1) is 27.3 Å². The highest BCUT2D eigenvalue weighted by Gasteiger charge is 2.17. The molecule has 0 unspecified atom stereocenters. The molecule has 0 saturated heterocycles. The van der Waals surface area contributed by atoms with Crippen LogP contribution < -0.4 is 5.32 Å². The van der Waals surface area contributed by atoms with Gasteiger partial charge < -0.3 is 10.4 Å². The average Bonchev–Trinajstić information content (AvgIpc) is 3.28. The molecule has 0 atom stereocenters. The number of nitrogens with zero attached hydrogens (tertiary/aromatic N) is 2. The molecule has 3 heterocycles. The first-order chi connectivity index (χ1) is 12.6. The zero-order valence-electron chi connectivity index (χ0n) is 13.6. The number of rotatable bonds is 5. The van der Waals surface area contributed by atoms with E-state index in [2.05, 4.69) is 15.3 Å². The van der Waals surface area contributed by atoms with E-state index in [-0.39, 0.29) is 0 Å². The van der Waals surface area contributed by atoms with E-state index in [1.165, 1.54) is 34.4 Å². The van der Waals surface area contributed by atoms with Crippen LogP contribution in [0, 0.1) is 0 Å². The quantitative estimate of drug-likeness (QED) is 0.427. The molecule has 4 aromatic rings. The number of para-hydroxylation sites is 1. The van der Waals surface area contributed by atoms with E-state index in [0.29, 0.717) is 4.88 Å². The Hall–Kier alpha value is -2.42. The van der Waals surface area contributed by atoms with E-state index in [1.807, 2.05) is 42.0 Å². The lowest BCUT2D eigenvalue weighted by atomic mass is 10.2. The molecule has 4 rings (SSSR count). The first-order valence-corrected chi connectivity index (χ1v) is 10.5. The summed E-state index contributed by atoms with van der Waals surface area (Å²) < 4.78 is 0.951. The highest BCUT2D eigenvalue weighted by Crippen LogP contribution is 2.39. The van der Waals surface area contributed by atoms with Crippen molar-refractivity contribution in [3.8, 4) is 11.3 Å². The summed E-state index contributed by atoms with van der Waals surface area (Å²) in [5.74, 6) is -0.910. The van der Waals surface area contributed by atoms with Gasteiger partial charge in [-0.25, -0.2) is 9.78 Å². The summed E-state index contributed by atoms with van der Waals surface area (Å²) in [5, 5.41) is 16.2. The van der Waals surface area contributed by atoms with E-state index >= 15 is 0 Å². The van der Waals surface area contributed by atoms with Crippen LogP contribution in [0.2, 0.25) is 0 Å². The van der Waals surface area contributed by atoms with E-state index in [9.17, 15) is 9.90 Å². The first-order valence-electron chi connectivity index (χ1n) is 7.63. The Morgan fingerprint density at radius 2 is 2.12 bits per heavy atom. The first kappa shape index (κ1) is 17.0. The molecule has 3 aromatic heterocycles. The number of benzene rings is 1. The average molecular weight is 400 g/mol. The van der Waals surface area contributed by atoms with Gasteiger partial charge in [0.25, 0.3) is 0 Å². The zero-order valence-corrected chi connectivity index (χ0v) is 16.0. The van der Waals surface area contributed by atoms with Crippen LogP contribution in [-0.4, -0.2) is 27.3 Å². The molecule has 0 aliphatic rings. The second kappa shape index (κ2) is 7.06. The maximum atomic E-state index is 11.2. The normalized spacial score (nSPS) is 11.0. The standard InChI is InChI=1S/C18H13N3O2S3/c1-24-17-12(7-15(26-17)16(22)23)14-9-25-18(21-14)20-11-6-10-4-2-3-5-13(10)19-8-11/h2-9H,1H3,(H,20,21)(H,22,23). The summed E-state index contributed by atoms with van der Waals surface area (Å²) in [6.45, 7) is 0. The number of carboxylic acids is 1. The minimum absolute atomic E-state index is 0.325. The predicted molar refractivity (Wildman–Crippen MR) is 109 cm³/mol. The van der Waals surface area contributed by atoms with Crippen molar-refractivity contribution < 1.29 is 9.90 Å². The molecular formula is C18H13N3O2S3. The maximum Gasteiger partial charge on any atom is 0.345 e. The highest BCUT2D eigenvalue weighted by molar-refractivity contribution is 8.00. The number of hydrogen-bond donors (Lipinski definition) is 2. The molecular weight excluding hydrogens is 386 g/mol. The summed E-state index contributed by atoms with van der Waals surface area (Å²) in [6.07, 6.45) is 3.72. The third-order valence-corrected chi connectivity index (χ3v) is 6.73. The van der Waals surface area contributed by atoms with Crippen molar-refractivity contribution in [1.82, 2.24) is 9.97 Å². The molecule has 0 radical (unpaired) electrons. The third kappa shape index (κ3) is 3.31. The number of pyridine rings is 1. The van der Waals surface area contributed by atoms with Gasteiger partial charge >= 0.3 is 5.97 Å². The number of nitrogens with one attached hydrogen (secondary N) is 1. The van der Waals surface area contributed by atoms with Crippen molar-refractivity contribution in [2.24, 2.45) is 0 Å². The number of hydrogen-bond acceptors (Lipinski definition) is 7. The zero-order chi connectivity index (χ0) is 18.1. The van der Waals surface area contributed by atoms with Crippen LogP contribution in [0.25, 0.3) is 22.2 Å². The van der Waals surface area contributed by atoms with Crippen LogP contribution in [0.4, 0.5) is 10.8 Å². The van der Waals surface area contributed by atoms with Crippen LogP contribution in [0.1, 0.15) is 9.67 Å². The van der Waals surface area contributed by atoms with Crippen molar-refractivity contribution in [1.29, 1.82) is 0 Å². The van der Waals surface area contributed by atoms with Gasteiger partial charge in [-0.1, -0.05) is 18.2 Å². The molecule has 130 valence electrons. The number of carboxylic acid groups (broad SMARTS) is 1. The molecule has 1 aromatic carbocycles. The van der Waals surface area contributed by atoms with E-state index < -0.39 is 5.97 Å². The SMILES string of the molecule is CSc1sc(C(=O)O)cc1-c1csc(Nc2cnc3ccccc3c2)n1. The van der Waals surface area contributed by atoms with Gasteiger partial charge in [-0.2, -0.15) is 0 Å². The number of fused-ring (bicyclic) bond motifs is 1. The summed E-state index contributed by atoms with van der Waals surface area (Å²) in [6, 6.07) is 11.7. The second-order valence-electron chi connectivity index (χ2n) is 5.40. The van der Waals surface area contributed by atoms with Crippen molar-refractivity contribution in [2.45, 2.75) is 4.21 Å². The monoisotopic (exact) mass is 399 g/mol. The van der Waals surface area contributed by atoms with Crippen molar-refractivity contribution in [3.63, 3.8) is 0 Å². The van der Waals surface area contributed by atoms with Gasteiger partial charge in [0.1, 0.15) is 4.88 Å². The Kier molecular flexibility index (Phi) is 4.62. The van der Waals surface area contributed by atoms with Gasteiger partial charge in [0.2, 0.25) is 0 Å². The molecule has 8 heteroatoms. The van der Waals surface area contributed by atoms with E-state index in [1.54, 1.807) is 12.3 Å². The fourth-order valence-corrected chi connectivity index (χ4v) is 4.98. The molecule has 26 heavy (non-hydrogen) atoms. The van der Waals surface area contributed by atoms with E-state index in [0.717, 1.165) is 37.2 Å². The Morgan fingerprint density at radius 1 is 1.27 bits per heavy atom. The van der Waals surface area contributed by atoms with Crippen LogP contribution in [0.15, 0.2) is 52.2 Å². The fourth-order valence-electron chi connectivity index (χ4n) is 2.53. The molecule has 0 bridgehead atoms. The smallest absolute Gasteiger partial charge is 0.345 e. The minimum atomic E-state index is -0.910. The van der Waals surface area contributed by atoms with Crippen molar-refractivity contribution in [2.75, 3.05) is 11.6 Å². The summed E-state index contributed by atoms with van der Waals surface area (Å²) >= 11 is 4.29. The lowest BCUT2D eigenvalue weighted by Crippen LogP contribution is -1.91. The Morgan fingerprint density at radius 3 is 2.92 bits per heavy atom. The molecule has 0 fully saturated rings. The van der Waals surface area contributed by atoms with Gasteiger partial charge in [0.15, 0.2) is 5.13 Å². The van der Waals surface area contributed by atoms with Crippen LogP contribution in [-0.2, 0) is 0 Å². The molecule has 0 aliphatic carbocycles. The maximum absolute atomic E-state index is 11.2. The Bertz CT molecular complexity index is 1100. The summed E-state index contributed by atoms with van der Waals surface area (Å²) in [5.41, 5.74) is 3.45. The number of aromatic carboxylic acids is 1. The molecule has 5 nitrogen and oxygen atoms in total. The lowest BCUT2D eigenvalue weighted by Gasteiger charge is -2.03. The van der Waals surface area contributed by atoms with E-state index in [4.69, 9.17) is 0 Å². The number of aromatic nitrogens is 2. The van der Waals surface area contributed by atoms with Crippen LogP contribution in [0.5, 0.6) is 0 Å². The summed E-state index contributed by atoms with van der Waals surface area (Å²) in [7, 11) is 0. The molecule has 2 N–H and O–H groups in total. The number of anilines is 2. The second-order valence-corrected chi connectivity index (χ2v) is 8.39. The van der Waals surface area contributed by atoms with Crippen molar-refractivity contribution >= 4 is 62.1 Å².